The van der Waals surface area contributed by atoms with Crippen molar-refractivity contribution in [1.29, 1.82) is 0 Å². The molecule has 7 nitrogen and oxygen atoms in total. The Morgan fingerprint density at radius 2 is 2.03 bits per heavy atom. The molecule has 12 heteroatoms. The van der Waals surface area contributed by atoms with E-state index >= 15 is 0 Å². The third kappa shape index (κ3) is 6.13. The standard InChI is InChI=1S/C25H26F4N6OS/c1-2-17(26)5-3-6-18-9-12-20-21(32-18)22(35-24(13-4-14-24)25(27,28)29)34-23(33-20)31-15-16-7-10-19(11-8-16)37(30)36/h2-3,5-12,20-21H,1,4,13-15,30H2,(H2,31,33,34,35)/b6-3+,17-5+. The maximum Gasteiger partial charge on any atom is 0.413 e. The van der Waals surface area contributed by atoms with E-state index in [2.05, 4.69) is 32.2 Å². The van der Waals surface area contributed by atoms with E-state index in [1.54, 1.807) is 42.5 Å². The Bertz CT molecular complexity index is 1240. The molecule has 2 aliphatic heterocycles. The van der Waals surface area contributed by atoms with Gasteiger partial charge in [-0.05, 0) is 61.3 Å². The van der Waals surface area contributed by atoms with Crippen LogP contribution in [0.3, 0.4) is 0 Å². The summed E-state index contributed by atoms with van der Waals surface area (Å²) in [4.78, 5) is 13.7. The van der Waals surface area contributed by atoms with Gasteiger partial charge in [0.1, 0.15) is 28.7 Å². The molecule has 1 aromatic rings. The van der Waals surface area contributed by atoms with Gasteiger partial charge in [-0.3, -0.25) is 9.98 Å². The molecule has 4 N–H and O–H groups in total. The first kappa shape index (κ1) is 26.7. The monoisotopic (exact) mass is 534 g/mol. The third-order valence-corrected chi connectivity index (χ3v) is 7.01. The molecule has 0 aromatic heterocycles. The zero-order valence-electron chi connectivity index (χ0n) is 19.7. The number of halogens is 4. The highest BCUT2D eigenvalue weighted by Crippen LogP contribution is 2.48. The van der Waals surface area contributed by atoms with Crippen LogP contribution >= 0.6 is 0 Å². The van der Waals surface area contributed by atoms with Gasteiger partial charge in [-0.1, -0.05) is 30.9 Å². The summed E-state index contributed by atoms with van der Waals surface area (Å²) in [6.45, 7) is 3.55. The third-order valence-electron chi connectivity index (χ3n) is 6.27. The highest BCUT2D eigenvalue weighted by molar-refractivity contribution is 7.82. The number of aliphatic imine (C=N–C) groups is 3. The van der Waals surface area contributed by atoms with Crippen molar-refractivity contribution in [3.05, 3.63) is 78.7 Å². The van der Waals surface area contributed by atoms with Crippen LogP contribution in [0.2, 0.25) is 0 Å². The molecule has 2 heterocycles. The average molecular weight is 535 g/mol. The maximum absolute atomic E-state index is 13.9. The van der Waals surface area contributed by atoms with Gasteiger partial charge in [0.25, 0.3) is 0 Å². The zero-order valence-corrected chi connectivity index (χ0v) is 20.5. The molecule has 3 unspecified atom stereocenters. The molecule has 196 valence electrons. The molecule has 0 radical (unpaired) electrons. The Labute approximate surface area is 214 Å². The van der Waals surface area contributed by atoms with Gasteiger partial charge in [-0.2, -0.15) is 13.2 Å². The first-order valence-electron chi connectivity index (χ1n) is 11.5. The van der Waals surface area contributed by atoms with Gasteiger partial charge >= 0.3 is 6.18 Å². The predicted octanol–water partition coefficient (Wildman–Crippen LogP) is 3.94. The van der Waals surface area contributed by atoms with Gasteiger partial charge < -0.3 is 10.6 Å². The molecule has 3 aliphatic rings. The van der Waals surface area contributed by atoms with Crippen molar-refractivity contribution >= 4 is 28.5 Å². The van der Waals surface area contributed by atoms with Crippen molar-refractivity contribution in [2.45, 2.75) is 54.5 Å². The Morgan fingerprint density at radius 1 is 1.30 bits per heavy atom. The zero-order chi connectivity index (χ0) is 26.6. The lowest BCUT2D eigenvalue weighted by molar-refractivity contribution is -0.205. The minimum Gasteiger partial charge on any atom is -0.347 e. The summed E-state index contributed by atoms with van der Waals surface area (Å²) >= 11 is 0. The number of guanidine groups is 1. The lowest BCUT2D eigenvalue weighted by atomic mass is 9.76. The Kier molecular flexibility index (Phi) is 7.88. The molecule has 0 bridgehead atoms. The Hall–Kier alpha value is -3.38. The largest absolute Gasteiger partial charge is 0.413 e. The van der Waals surface area contributed by atoms with Gasteiger partial charge in [-0.15, -0.1) is 0 Å². The average Bonchev–Trinajstić information content (AvgIpc) is 2.84. The SMILES string of the molecule is C=C/C(F)=C\C=C\C1=NC2C(=NC3(C(F)(F)F)CCC3)NC(=NCc3ccc(S(N)=O)cc3)NC2C=C1. The van der Waals surface area contributed by atoms with Gasteiger partial charge in [0, 0.05) is 0 Å². The number of nitrogens with two attached hydrogens (primary N) is 1. The van der Waals surface area contributed by atoms with Crippen molar-refractivity contribution in [3.8, 4) is 0 Å². The van der Waals surface area contributed by atoms with E-state index in [0.29, 0.717) is 17.0 Å². The van der Waals surface area contributed by atoms with Crippen LogP contribution in [0.25, 0.3) is 0 Å². The fourth-order valence-electron chi connectivity index (χ4n) is 4.02. The second-order valence-electron chi connectivity index (χ2n) is 8.75. The number of alkyl halides is 3. The van der Waals surface area contributed by atoms with Gasteiger partial charge in [-0.25, -0.2) is 18.7 Å². The summed E-state index contributed by atoms with van der Waals surface area (Å²) in [6.07, 6.45) is 4.48. The molecule has 0 spiro atoms. The molecule has 37 heavy (non-hydrogen) atoms. The number of benzene rings is 1. The number of hydrogen-bond donors (Lipinski definition) is 3. The van der Waals surface area contributed by atoms with Crippen molar-refractivity contribution in [2.24, 2.45) is 20.1 Å². The maximum atomic E-state index is 13.9. The molecular weight excluding hydrogens is 508 g/mol. The molecule has 1 saturated heterocycles. The molecule has 0 amide bonds. The van der Waals surface area contributed by atoms with Crippen molar-refractivity contribution in [1.82, 2.24) is 10.6 Å². The van der Waals surface area contributed by atoms with E-state index < -0.39 is 40.6 Å². The number of dihydropyridines is 1. The summed E-state index contributed by atoms with van der Waals surface area (Å²) in [6, 6.07) is 5.47. The predicted molar refractivity (Wildman–Crippen MR) is 137 cm³/mol. The van der Waals surface area contributed by atoms with Crippen LogP contribution < -0.4 is 15.8 Å². The summed E-state index contributed by atoms with van der Waals surface area (Å²) in [5.74, 6) is -0.198. The fraction of sp³-hybridized carbons (Fsp3) is 0.320. The van der Waals surface area contributed by atoms with Gasteiger partial charge in [0.15, 0.2) is 11.5 Å². The molecule has 1 saturated carbocycles. The van der Waals surface area contributed by atoms with Crippen molar-refractivity contribution in [2.75, 3.05) is 0 Å². The highest BCUT2D eigenvalue weighted by atomic mass is 32.2. The van der Waals surface area contributed by atoms with Crippen molar-refractivity contribution < 1.29 is 21.8 Å². The first-order chi connectivity index (χ1) is 17.6. The molecule has 4 rings (SSSR count). The van der Waals surface area contributed by atoms with E-state index in [1.165, 1.54) is 12.2 Å². The minimum absolute atomic E-state index is 0.0662. The molecule has 2 fully saturated rings. The van der Waals surface area contributed by atoms with Crippen LogP contribution in [-0.2, 0) is 17.5 Å². The number of amidine groups is 1. The smallest absolute Gasteiger partial charge is 0.347 e. The van der Waals surface area contributed by atoms with E-state index in [0.717, 1.165) is 11.6 Å². The van der Waals surface area contributed by atoms with Crippen LogP contribution in [0.1, 0.15) is 24.8 Å². The topological polar surface area (TPSA) is 104 Å². The lowest BCUT2D eigenvalue weighted by Gasteiger charge is -2.42. The molecule has 3 atom stereocenters. The Balaban J connectivity index is 1.62. The van der Waals surface area contributed by atoms with Crippen LogP contribution in [-0.4, -0.2) is 45.5 Å². The number of nitrogens with one attached hydrogen (secondary N) is 2. The van der Waals surface area contributed by atoms with E-state index in [4.69, 9.17) is 5.14 Å². The summed E-state index contributed by atoms with van der Waals surface area (Å²) in [5, 5.41) is 11.4. The number of hydrogen-bond acceptors (Lipinski definition) is 4. The minimum atomic E-state index is -4.49. The number of nitrogens with zero attached hydrogens (tertiary/aromatic N) is 3. The normalized spacial score (nSPS) is 26.2. The van der Waals surface area contributed by atoms with Gasteiger partial charge in [0.2, 0.25) is 0 Å². The van der Waals surface area contributed by atoms with Crippen LogP contribution in [0.4, 0.5) is 17.6 Å². The van der Waals surface area contributed by atoms with Crippen LogP contribution in [0.5, 0.6) is 0 Å². The number of fused-ring (bicyclic) bond motifs is 1. The number of allylic oxidation sites excluding steroid dienone is 6. The fourth-order valence-corrected chi connectivity index (χ4v) is 4.43. The molecule has 1 aliphatic carbocycles. The molecular formula is C25H26F4N6OS. The van der Waals surface area contributed by atoms with Crippen LogP contribution in [0, 0.1) is 0 Å². The second kappa shape index (κ2) is 10.9. The van der Waals surface area contributed by atoms with E-state index in [-0.39, 0.29) is 31.2 Å². The quantitative estimate of drug-likeness (QED) is 0.365. The van der Waals surface area contributed by atoms with E-state index in [1.807, 2.05) is 0 Å². The highest BCUT2D eigenvalue weighted by Gasteiger charge is 2.59. The molecule has 1 aromatic carbocycles. The van der Waals surface area contributed by atoms with Crippen LogP contribution in [0.15, 0.2) is 93.0 Å². The summed E-state index contributed by atoms with van der Waals surface area (Å²) in [7, 11) is -1.60. The first-order valence-corrected chi connectivity index (χ1v) is 12.7. The lowest BCUT2D eigenvalue weighted by Crippen LogP contribution is -2.63. The summed E-state index contributed by atoms with van der Waals surface area (Å²) < 4.78 is 66.4. The van der Waals surface area contributed by atoms with Gasteiger partial charge in [0.05, 0.1) is 23.2 Å². The number of rotatable bonds is 7. The second-order valence-corrected chi connectivity index (χ2v) is 9.82. The van der Waals surface area contributed by atoms with Crippen molar-refractivity contribution in [3.63, 3.8) is 0 Å². The van der Waals surface area contributed by atoms with E-state index in [9.17, 15) is 21.8 Å². The Morgan fingerprint density at radius 3 is 2.62 bits per heavy atom. The summed E-state index contributed by atoms with van der Waals surface area (Å²) in [5.41, 5.74) is -0.905.